The molecule has 0 saturated heterocycles. The summed E-state index contributed by atoms with van der Waals surface area (Å²) in [6.07, 6.45) is 0. The lowest BCUT2D eigenvalue weighted by atomic mass is 9.98. The second-order valence-electron chi connectivity index (χ2n) is 7.72. The normalized spacial score (nSPS) is 13.4. The largest absolute Gasteiger partial charge is 0.408 e. The number of pyridine rings is 1. The van der Waals surface area contributed by atoms with Crippen molar-refractivity contribution >= 4 is 25.5 Å². The Kier molecular flexibility index (Phi) is 5.14. The molecule has 1 rings (SSSR count). The molecule has 1 aromatic rings. The lowest BCUT2D eigenvalue weighted by Crippen LogP contribution is -2.46. The quantitative estimate of drug-likeness (QED) is 0.498. The van der Waals surface area contributed by atoms with Crippen molar-refractivity contribution in [2.75, 3.05) is 0 Å². The van der Waals surface area contributed by atoms with Crippen LogP contribution in [0.2, 0.25) is 23.3 Å². The average molecular weight is 326 g/mol. The fourth-order valence-electron chi connectivity index (χ4n) is 1.91. The van der Waals surface area contributed by atoms with Gasteiger partial charge in [-0.15, -0.1) is 0 Å². The first kappa shape index (κ1) is 18.4. The van der Waals surface area contributed by atoms with E-state index in [-0.39, 0.29) is 5.04 Å². The highest BCUT2D eigenvalue weighted by molar-refractivity contribution is 6.74. The number of hydrogen-bond donors (Lipinski definition) is 0. The zero-order valence-electron chi connectivity index (χ0n) is 14.6. The van der Waals surface area contributed by atoms with Gasteiger partial charge in [0.1, 0.15) is 5.15 Å². The Morgan fingerprint density at radius 1 is 1.19 bits per heavy atom. The summed E-state index contributed by atoms with van der Waals surface area (Å²) in [5.41, 5.74) is 2.37. The van der Waals surface area contributed by atoms with Gasteiger partial charge in [0, 0.05) is 0 Å². The molecule has 0 aliphatic carbocycles. The fraction of sp³-hybridized carbons (Fsp3) is 0.588. The van der Waals surface area contributed by atoms with Crippen LogP contribution in [-0.2, 0) is 10.0 Å². The summed E-state index contributed by atoms with van der Waals surface area (Å²) >= 11 is 6.16. The zero-order valence-corrected chi connectivity index (χ0v) is 16.4. The van der Waals surface area contributed by atoms with Crippen LogP contribution in [0.4, 0.5) is 0 Å². The van der Waals surface area contributed by atoms with E-state index in [1.165, 1.54) is 0 Å². The van der Waals surface area contributed by atoms with E-state index in [0.29, 0.717) is 5.15 Å². The van der Waals surface area contributed by atoms with Gasteiger partial charge in [-0.2, -0.15) is 0 Å². The monoisotopic (exact) mass is 325 g/mol. The molecule has 0 fully saturated rings. The van der Waals surface area contributed by atoms with E-state index in [1.54, 1.807) is 0 Å². The molecule has 1 heterocycles. The molecule has 0 saturated carbocycles. The smallest absolute Gasteiger partial charge is 0.193 e. The van der Waals surface area contributed by atoms with Gasteiger partial charge in [0.25, 0.3) is 0 Å². The van der Waals surface area contributed by atoms with E-state index in [4.69, 9.17) is 16.0 Å². The van der Waals surface area contributed by atoms with Crippen LogP contribution in [-0.4, -0.2) is 13.3 Å². The highest BCUT2D eigenvalue weighted by Crippen LogP contribution is 2.42. The van der Waals surface area contributed by atoms with E-state index < -0.39 is 13.9 Å². The summed E-state index contributed by atoms with van der Waals surface area (Å²) in [6.45, 7) is 21.3. The molecule has 0 bridgehead atoms. The van der Waals surface area contributed by atoms with Crippen molar-refractivity contribution < 1.29 is 4.43 Å². The Balaban J connectivity index is 3.22. The van der Waals surface area contributed by atoms with Crippen LogP contribution in [0.25, 0.3) is 5.57 Å². The van der Waals surface area contributed by atoms with Crippen LogP contribution >= 0.6 is 11.6 Å². The number of hydrogen-bond acceptors (Lipinski definition) is 2. The number of aromatic nitrogens is 1. The number of nitrogens with zero attached hydrogens (tertiary/aromatic N) is 1. The molecule has 4 heteroatoms. The molecule has 0 atom stereocenters. The Labute approximate surface area is 135 Å². The van der Waals surface area contributed by atoms with Gasteiger partial charge >= 0.3 is 0 Å². The number of halogens is 1. The summed E-state index contributed by atoms with van der Waals surface area (Å²) in [5.74, 6) is 0. The molecule has 0 aromatic carbocycles. The number of allylic oxidation sites excluding steroid dienone is 1. The van der Waals surface area contributed by atoms with Gasteiger partial charge in [-0.25, -0.2) is 4.98 Å². The molecular weight excluding hydrogens is 298 g/mol. The van der Waals surface area contributed by atoms with Gasteiger partial charge < -0.3 is 4.43 Å². The van der Waals surface area contributed by atoms with E-state index >= 15 is 0 Å². The second kappa shape index (κ2) is 5.86. The maximum Gasteiger partial charge on any atom is 0.193 e. The van der Waals surface area contributed by atoms with Crippen molar-refractivity contribution in [2.45, 2.75) is 65.3 Å². The minimum absolute atomic E-state index is 0.165. The highest BCUT2D eigenvalue weighted by atomic mass is 35.5. The SMILES string of the molecule is C=C(C)c1cc(C(C)(C)O[Si](C)(C)C(C)(C)C)cc(Cl)n1. The van der Waals surface area contributed by atoms with Crippen LogP contribution in [0, 0.1) is 0 Å². The molecule has 0 spiro atoms. The predicted molar refractivity (Wildman–Crippen MR) is 95.3 cm³/mol. The van der Waals surface area contributed by atoms with Gasteiger partial charge in [-0.05, 0) is 62.2 Å². The lowest BCUT2D eigenvalue weighted by molar-refractivity contribution is 0.0901. The zero-order chi connectivity index (χ0) is 16.6. The second-order valence-corrected chi connectivity index (χ2v) is 12.8. The van der Waals surface area contributed by atoms with E-state index in [2.05, 4.69) is 59.3 Å². The summed E-state index contributed by atoms with van der Waals surface area (Å²) in [6, 6.07) is 3.92. The minimum atomic E-state index is -1.87. The first-order chi connectivity index (χ1) is 9.26. The van der Waals surface area contributed by atoms with Crippen LogP contribution in [0.1, 0.15) is 52.8 Å². The Morgan fingerprint density at radius 2 is 1.71 bits per heavy atom. The van der Waals surface area contributed by atoms with Crippen molar-refractivity contribution in [1.82, 2.24) is 4.98 Å². The number of rotatable bonds is 4. The van der Waals surface area contributed by atoms with Crippen LogP contribution < -0.4 is 0 Å². The third-order valence-corrected chi connectivity index (χ3v) is 9.07. The molecule has 1 aromatic heterocycles. The fourth-order valence-corrected chi connectivity index (χ4v) is 3.82. The molecule has 0 radical (unpaired) electrons. The maximum absolute atomic E-state index is 6.59. The van der Waals surface area contributed by atoms with Crippen molar-refractivity contribution in [3.63, 3.8) is 0 Å². The van der Waals surface area contributed by atoms with Crippen molar-refractivity contribution in [3.05, 3.63) is 35.1 Å². The highest BCUT2D eigenvalue weighted by Gasteiger charge is 2.42. The molecule has 0 aliphatic rings. The topological polar surface area (TPSA) is 22.1 Å². The van der Waals surface area contributed by atoms with Gasteiger partial charge in [0.05, 0.1) is 11.3 Å². The summed E-state index contributed by atoms with van der Waals surface area (Å²) < 4.78 is 6.59. The molecule has 0 unspecified atom stereocenters. The van der Waals surface area contributed by atoms with Crippen molar-refractivity contribution in [2.24, 2.45) is 0 Å². The van der Waals surface area contributed by atoms with Crippen molar-refractivity contribution in [3.8, 4) is 0 Å². The molecule has 2 nitrogen and oxygen atoms in total. The third-order valence-electron chi connectivity index (χ3n) is 4.24. The minimum Gasteiger partial charge on any atom is -0.408 e. The Morgan fingerprint density at radius 3 is 2.14 bits per heavy atom. The van der Waals surface area contributed by atoms with Crippen molar-refractivity contribution in [1.29, 1.82) is 0 Å². The molecule has 118 valence electrons. The molecule has 0 N–H and O–H groups in total. The van der Waals surface area contributed by atoms with E-state index in [1.807, 2.05) is 19.1 Å². The third kappa shape index (κ3) is 4.41. The lowest BCUT2D eigenvalue weighted by Gasteiger charge is -2.43. The summed E-state index contributed by atoms with van der Waals surface area (Å²) in [5, 5.41) is 0.649. The predicted octanol–water partition coefficient (Wildman–Crippen LogP) is 6.03. The van der Waals surface area contributed by atoms with Gasteiger partial charge in [-0.3, -0.25) is 0 Å². The summed E-state index contributed by atoms with van der Waals surface area (Å²) in [4.78, 5) is 4.31. The Hall–Kier alpha value is -0.643. The average Bonchev–Trinajstić information content (AvgIpc) is 2.25. The van der Waals surface area contributed by atoms with Crippen LogP contribution in [0.15, 0.2) is 18.7 Å². The van der Waals surface area contributed by atoms with Gasteiger partial charge in [-0.1, -0.05) is 39.0 Å². The molecular formula is C17H28ClNOSi. The first-order valence-electron chi connectivity index (χ1n) is 7.30. The maximum atomic E-state index is 6.59. The molecule has 0 amide bonds. The standard InChI is InChI=1S/C17H28ClNOSi/c1-12(2)14-10-13(11-15(18)19-14)17(6,7)20-21(8,9)16(3,4)5/h10-11H,1H2,2-9H3. The Bertz CT molecular complexity index is 544. The van der Waals surface area contributed by atoms with Crippen LogP contribution in [0.3, 0.4) is 0 Å². The van der Waals surface area contributed by atoms with Gasteiger partial charge in [0.2, 0.25) is 0 Å². The van der Waals surface area contributed by atoms with Crippen LogP contribution in [0.5, 0.6) is 0 Å². The molecule has 21 heavy (non-hydrogen) atoms. The first-order valence-corrected chi connectivity index (χ1v) is 10.6. The van der Waals surface area contributed by atoms with E-state index in [9.17, 15) is 0 Å². The summed E-state index contributed by atoms with van der Waals surface area (Å²) in [7, 11) is -1.87. The van der Waals surface area contributed by atoms with Gasteiger partial charge in [0.15, 0.2) is 8.32 Å². The molecule has 0 aliphatic heterocycles. The van der Waals surface area contributed by atoms with E-state index in [0.717, 1.165) is 16.8 Å².